The van der Waals surface area contributed by atoms with Crippen LogP contribution in [-0.2, 0) is 12.8 Å². The fraction of sp³-hybridized carbons (Fsp3) is 0.571. The SMILES string of the molecule is CCCc1cc(CCCCN)cc(OC(F)(F)F)c1. The molecule has 1 aromatic rings. The Hall–Kier alpha value is -1.23. The Kier molecular flexibility index (Phi) is 6.15. The van der Waals surface area contributed by atoms with Gasteiger partial charge in [0.25, 0.3) is 0 Å². The van der Waals surface area contributed by atoms with Crippen molar-refractivity contribution >= 4 is 0 Å². The highest BCUT2D eigenvalue weighted by Crippen LogP contribution is 2.26. The summed E-state index contributed by atoms with van der Waals surface area (Å²) in [5.74, 6) is -0.124. The van der Waals surface area contributed by atoms with Crippen molar-refractivity contribution in [2.75, 3.05) is 6.54 Å². The van der Waals surface area contributed by atoms with E-state index < -0.39 is 6.36 Å². The topological polar surface area (TPSA) is 35.2 Å². The molecule has 0 saturated carbocycles. The number of halogens is 3. The van der Waals surface area contributed by atoms with Crippen LogP contribution in [0.15, 0.2) is 18.2 Å². The molecule has 0 aliphatic carbocycles. The summed E-state index contributed by atoms with van der Waals surface area (Å²) in [5, 5.41) is 0. The predicted molar refractivity (Wildman–Crippen MR) is 69.1 cm³/mol. The van der Waals surface area contributed by atoms with E-state index in [9.17, 15) is 13.2 Å². The number of benzene rings is 1. The maximum absolute atomic E-state index is 12.3. The third-order valence-corrected chi connectivity index (χ3v) is 2.72. The normalized spacial score (nSPS) is 11.6. The van der Waals surface area contributed by atoms with Gasteiger partial charge in [0.2, 0.25) is 0 Å². The van der Waals surface area contributed by atoms with Gasteiger partial charge in [0.1, 0.15) is 5.75 Å². The van der Waals surface area contributed by atoms with Crippen molar-refractivity contribution in [2.24, 2.45) is 5.73 Å². The van der Waals surface area contributed by atoms with Gasteiger partial charge in [-0.05, 0) is 55.5 Å². The molecule has 19 heavy (non-hydrogen) atoms. The van der Waals surface area contributed by atoms with Gasteiger partial charge in [0, 0.05) is 0 Å². The molecule has 0 saturated heterocycles. The molecule has 0 aromatic heterocycles. The van der Waals surface area contributed by atoms with Crippen LogP contribution in [0.4, 0.5) is 13.2 Å². The lowest BCUT2D eigenvalue weighted by Crippen LogP contribution is -2.17. The predicted octanol–water partition coefficient (Wildman–Crippen LogP) is 3.82. The van der Waals surface area contributed by atoms with Crippen LogP contribution in [0.2, 0.25) is 0 Å². The molecule has 5 heteroatoms. The molecule has 0 amide bonds. The molecule has 1 rings (SSSR count). The number of alkyl halides is 3. The molecule has 0 bridgehead atoms. The quantitative estimate of drug-likeness (QED) is 0.768. The van der Waals surface area contributed by atoms with Crippen LogP contribution in [0.25, 0.3) is 0 Å². The fourth-order valence-corrected chi connectivity index (χ4v) is 1.97. The zero-order valence-electron chi connectivity index (χ0n) is 11.1. The van der Waals surface area contributed by atoms with Crippen molar-refractivity contribution in [3.8, 4) is 5.75 Å². The Bertz CT molecular complexity index is 391. The Morgan fingerprint density at radius 2 is 1.68 bits per heavy atom. The molecule has 1 aromatic carbocycles. The van der Waals surface area contributed by atoms with E-state index in [2.05, 4.69) is 4.74 Å². The zero-order chi connectivity index (χ0) is 14.3. The van der Waals surface area contributed by atoms with Crippen LogP contribution >= 0.6 is 0 Å². The second-order valence-electron chi connectivity index (χ2n) is 4.53. The lowest BCUT2D eigenvalue weighted by atomic mass is 10.0. The Balaban J connectivity index is 2.83. The molecule has 0 unspecified atom stereocenters. The molecule has 0 spiro atoms. The van der Waals surface area contributed by atoms with Gasteiger partial charge in [0.05, 0.1) is 0 Å². The number of aryl methyl sites for hydroxylation is 2. The van der Waals surface area contributed by atoms with Gasteiger partial charge in [-0.1, -0.05) is 19.4 Å². The highest BCUT2D eigenvalue weighted by atomic mass is 19.4. The fourth-order valence-electron chi connectivity index (χ4n) is 1.97. The van der Waals surface area contributed by atoms with Gasteiger partial charge in [-0.25, -0.2) is 0 Å². The van der Waals surface area contributed by atoms with Crippen LogP contribution in [-0.4, -0.2) is 12.9 Å². The summed E-state index contributed by atoms with van der Waals surface area (Å²) in [4.78, 5) is 0. The third-order valence-electron chi connectivity index (χ3n) is 2.72. The molecule has 108 valence electrons. The first-order valence-corrected chi connectivity index (χ1v) is 6.53. The molecule has 0 fully saturated rings. The van der Waals surface area contributed by atoms with Crippen molar-refractivity contribution < 1.29 is 17.9 Å². The second kappa shape index (κ2) is 7.38. The van der Waals surface area contributed by atoms with E-state index in [4.69, 9.17) is 5.73 Å². The minimum absolute atomic E-state index is 0.124. The summed E-state index contributed by atoms with van der Waals surface area (Å²) in [6.45, 7) is 2.59. The van der Waals surface area contributed by atoms with Crippen molar-refractivity contribution in [1.29, 1.82) is 0 Å². The molecule has 2 nitrogen and oxygen atoms in total. The Labute approximate surface area is 111 Å². The smallest absolute Gasteiger partial charge is 0.406 e. The number of rotatable bonds is 7. The van der Waals surface area contributed by atoms with Crippen LogP contribution in [0.3, 0.4) is 0 Å². The zero-order valence-corrected chi connectivity index (χ0v) is 11.1. The van der Waals surface area contributed by atoms with Crippen molar-refractivity contribution in [1.82, 2.24) is 0 Å². The second-order valence-corrected chi connectivity index (χ2v) is 4.53. The van der Waals surface area contributed by atoms with E-state index in [0.717, 1.165) is 43.2 Å². The van der Waals surface area contributed by atoms with E-state index in [1.54, 1.807) is 0 Å². The van der Waals surface area contributed by atoms with E-state index in [0.29, 0.717) is 6.54 Å². The van der Waals surface area contributed by atoms with Crippen LogP contribution < -0.4 is 10.5 Å². The number of ether oxygens (including phenoxy) is 1. The van der Waals surface area contributed by atoms with E-state index in [1.807, 2.05) is 13.0 Å². The van der Waals surface area contributed by atoms with Crippen molar-refractivity contribution in [3.05, 3.63) is 29.3 Å². The molecule has 0 radical (unpaired) electrons. The Morgan fingerprint density at radius 3 is 2.21 bits per heavy atom. The summed E-state index contributed by atoms with van der Waals surface area (Å²) in [5.41, 5.74) is 7.17. The van der Waals surface area contributed by atoms with E-state index in [1.165, 1.54) is 12.1 Å². The molecule has 0 aliphatic rings. The summed E-state index contributed by atoms with van der Waals surface area (Å²) in [6.07, 6.45) is -0.538. The average Bonchev–Trinajstić information content (AvgIpc) is 2.27. The largest absolute Gasteiger partial charge is 0.573 e. The third kappa shape index (κ3) is 6.47. The van der Waals surface area contributed by atoms with Gasteiger partial charge in [-0.2, -0.15) is 0 Å². The number of nitrogens with two attached hydrogens (primary N) is 1. The molecule has 0 atom stereocenters. The number of hydrogen-bond donors (Lipinski definition) is 1. The van der Waals surface area contributed by atoms with Gasteiger partial charge in [-0.3, -0.25) is 0 Å². The summed E-state index contributed by atoms with van der Waals surface area (Å²) < 4.78 is 40.8. The van der Waals surface area contributed by atoms with Gasteiger partial charge >= 0.3 is 6.36 Å². The summed E-state index contributed by atoms with van der Waals surface area (Å²) >= 11 is 0. The first-order chi connectivity index (χ1) is 8.94. The standard InChI is InChI=1S/C14H20F3NO/c1-2-5-11-8-12(6-3-4-7-18)10-13(9-11)19-14(15,16)17/h8-10H,2-7,18H2,1H3. The first-order valence-electron chi connectivity index (χ1n) is 6.53. The summed E-state index contributed by atoms with van der Waals surface area (Å²) in [6, 6.07) is 4.87. The Morgan fingerprint density at radius 1 is 1.05 bits per heavy atom. The van der Waals surface area contributed by atoms with Crippen molar-refractivity contribution in [2.45, 2.75) is 45.4 Å². The lowest BCUT2D eigenvalue weighted by molar-refractivity contribution is -0.274. The molecule has 2 N–H and O–H groups in total. The van der Waals surface area contributed by atoms with Gasteiger partial charge in [-0.15, -0.1) is 13.2 Å². The lowest BCUT2D eigenvalue weighted by Gasteiger charge is -2.12. The highest BCUT2D eigenvalue weighted by molar-refractivity contribution is 5.35. The minimum atomic E-state index is -4.64. The average molecular weight is 275 g/mol. The van der Waals surface area contributed by atoms with Crippen LogP contribution in [0, 0.1) is 0 Å². The molecular formula is C14H20F3NO. The van der Waals surface area contributed by atoms with Crippen LogP contribution in [0.5, 0.6) is 5.75 Å². The molecular weight excluding hydrogens is 255 g/mol. The monoisotopic (exact) mass is 275 g/mol. The number of hydrogen-bond acceptors (Lipinski definition) is 2. The van der Waals surface area contributed by atoms with Crippen molar-refractivity contribution in [3.63, 3.8) is 0 Å². The first kappa shape index (κ1) is 15.8. The van der Waals surface area contributed by atoms with Gasteiger partial charge in [0.15, 0.2) is 0 Å². The van der Waals surface area contributed by atoms with E-state index in [-0.39, 0.29) is 5.75 Å². The molecule has 0 heterocycles. The maximum atomic E-state index is 12.3. The summed E-state index contributed by atoms with van der Waals surface area (Å²) in [7, 11) is 0. The van der Waals surface area contributed by atoms with Gasteiger partial charge < -0.3 is 10.5 Å². The highest BCUT2D eigenvalue weighted by Gasteiger charge is 2.31. The minimum Gasteiger partial charge on any atom is -0.406 e. The van der Waals surface area contributed by atoms with E-state index >= 15 is 0 Å². The maximum Gasteiger partial charge on any atom is 0.573 e. The van der Waals surface area contributed by atoms with Crippen LogP contribution in [0.1, 0.15) is 37.3 Å². The molecule has 0 aliphatic heterocycles. The number of unbranched alkanes of at least 4 members (excludes halogenated alkanes) is 1.